The van der Waals surface area contributed by atoms with Gasteiger partial charge in [-0.3, -0.25) is 0 Å². The van der Waals surface area contributed by atoms with Crippen molar-refractivity contribution in [3.8, 4) is 18.1 Å². The van der Waals surface area contributed by atoms with Gasteiger partial charge in [0.05, 0.1) is 13.7 Å². The average Bonchev–Trinajstić information content (AvgIpc) is 2.46. The quantitative estimate of drug-likeness (QED) is 0.767. The normalized spacial score (nSPS) is 11.3. The maximum absolute atomic E-state index is 12.6. The Morgan fingerprint density at radius 3 is 2.65 bits per heavy atom. The molecule has 1 rings (SSSR count). The smallest absolute Gasteiger partial charge is 0.247 e. The van der Waals surface area contributed by atoms with Gasteiger partial charge >= 0.3 is 0 Å². The molecule has 0 aromatic heterocycles. The number of ether oxygens (including phenoxy) is 1. The van der Waals surface area contributed by atoms with Crippen LogP contribution in [0.1, 0.15) is 18.9 Å². The number of benzene rings is 1. The minimum atomic E-state index is -3.67. The number of hydrogen-bond acceptors (Lipinski definition) is 4. The summed E-state index contributed by atoms with van der Waals surface area (Å²) >= 11 is 0. The first kappa shape index (κ1) is 16.5. The third-order valence-electron chi connectivity index (χ3n) is 2.82. The first-order valence-electron chi connectivity index (χ1n) is 6.31. The van der Waals surface area contributed by atoms with Crippen LogP contribution >= 0.6 is 0 Å². The number of sulfonamides is 1. The van der Waals surface area contributed by atoms with Gasteiger partial charge in [-0.05, 0) is 24.1 Å². The number of rotatable bonds is 7. The van der Waals surface area contributed by atoms with Crippen molar-refractivity contribution in [2.24, 2.45) is 5.73 Å². The summed E-state index contributed by atoms with van der Waals surface area (Å²) in [5.74, 6) is 2.66. The van der Waals surface area contributed by atoms with Crippen molar-refractivity contribution in [3.63, 3.8) is 0 Å². The highest BCUT2D eigenvalue weighted by molar-refractivity contribution is 7.89. The fourth-order valence-corrected chi connectivity index (χ4v) is 3.41. The summed E-state index contributed by atoms with van der Waals surface area (Å²) in [7, 11) is -2.24. The molecule has 0 aliphatic heterocycles. The molecule has 110 valence electrons. The second kappa shape index (κ2) is 7.29. The Labute approximate surface area is 120 Å². The molecule has 5 nitrogen and oxygen atoms in total. The van der Waals surface area contributed by atoms with Crippen molar-refractivity contribution in [1.29, 1.82) is 0 Å². The summed E-state index contributed by atoms with van der Waals surface area (Å²) in [6.07, 6.45) is 5.93. The molecule has 0 spiro atoms. The van der Waals surface area contributed by atoms with E-state index >= 15 is 0 Å². The summed E-state index contributed by atoms with van der Waals surface area (Å²) in [5.41, 5.74) is 6.35. The Morgan fingerprint density at radius 1 is 1.45 bits per heavy atom. The van der Waals surface area contributed by atoms with Gasteiger partial charge in [0.1, 0.15) is 10.6 Å². The highest BCUT2D eigenvalue weighted by Crippen LogP contribution is 2.27. The summed E-state index contributed by atoms with van der Waals surface area (Å²) in [6.45, 7) is 2.62. The first-order chi connectivity index (χ1) is 9.51. The monoisotopic (exact) mass is 296 g/mol. The lowest BCUT2D eigenvalue weighted by atomic mass is 10.2. The zero-order chi connectivity index (χ0) is 15.2. The zero-order valence-corrected chi connectivity index (χ0v) is 12.6. The van der Waals surface area contributed by atoms with Gasteiger partial charge in [0.15, 0.2) is 0 Å². The molecule has 2 N–H and O–H groups in total. The van der Waals surface area contributed by atoms with Gasteiger partial charge < -0.3 is 10.5 Å². The van der Waals surface area contributed by atoms with Crippen LogP contribution in [0.4, 0.5) is 0 Å². The van der Waals surface area contributed by atoms with E-state index in [1.165, 1.54) is 17.5 Å². The van der Waals surface area contributed by atoms with E-state index in [1.807, 2.05) is 6.92 Å². The van der Waals surface area contributed by atoms with Crippen LogP contribution in [0, 0.1) is 12.3 Å². The molecule has 20 heavy (non-hydrogen) atoms. The largest absolute Gasteiger partial charge is 0.495 e. The van der Waals surface area contributed by atoms with Crippen molar-refractivity contribution in [3.05, 3.63) is 23.8 Å². The third kappa shape index (κ3) is 3.51. The van der Waals surface area contributed by atoms with Gasteiger partial charge in [-0.1, -0.05) is 18.9 Å². The lowest BCUT2D eigenvalue weighted by Gasteiger charge is -2.20. The summed E-state index contributed by atoms with van der Waals surface area (Å²) in [5, 5.41) is 0. The second-order valence-electron chi connectivity index (χ2n) is 4.23. The Kier molecular flexibility index (Phi) is 6.02. The van der Waals surface area contributed by atoms with Crippen LogP contribution in [0.2, 0.25) is 0 Å². The predicted molar refractivity (Wildman–Crippen MR) is 78.8 cm³/mol. The van der Waals surface area contributed by atoms with E-state index in [-0.39, 0.29) is 17.2 Å². The van der Waals surface area contributed by atoms with Gasteiger partial charge in [-0.2, -0.15) is 4.31 Å². The van der Waals surface area contributed by atoms with Crippen LogP contribution in [0.5, 0.6) is 5.75 Å². The number of terminal acetylenes is 1. The maximum atomic E-state index is 12.6. The molecular weight excluding hydrogens is 276 g/mol. The molecule has 0 saturated carbocycles. The van der Waals surface area contributed by atoms with Gasteiger partial charge in [-0.15, -0.1) is 6.42 Å². The Hall–Kier alpha value is -1.55. The van der Waals surface area contributed by atoms with E-state index in [0.717, 1.165) is 5.56 Å². The van der Waals surface area contributed by atoms with E-state index in [9.17, 15) is 8.42 Å². The van der Waals surface area contributed by atoms with Crippen LogP contribution in [0.25, 0.3) is 0 Å². The van der Waals surface area contributed by atoms with Crippen molar-refractivity contribution in [2.45, 2.75) is 24.8 Å². The molecule has 0 aliphatic rings. The average molecular weight is 296 g/mol. The van der Waals surface area contributed by atoms with Crippen LogP contribution in [0.3, 0.4) is 0 Å². The molecule has 0 heterocycles. The SMILES string of the molecule is C#CCN(CCC)S(=O)(=O)c1ccc(CN)cc1OC. The molecule has 0 radical (unpaired) electrons. The number of hydrogen-bond donors (Lipinski definition) is 1. The topological polar surface area (TPSA) is 72.6 Å². The third-order valence-corrected chi connectivity index (χ3v) is 4.71. The number of methoxy groups -OCH3 is 1. The molecule has 0 amide bonds. The van der Waals surface area contributed by atoms with E-state index in [2.05, 4.69) is 5.92 Å². The van der Waals surface area contributed by atoms with Gasteiger partial charge in [0.2, 0.25) is 10.0 Å². The van der Waals surface area contributed by atoms with Crippen molar-refractivity contribution >= 4 is 10.0 Å². The molecule has 0 bridgehead atoms. The second-order valence-corrected chi connectivity index (χ2v) is 6.14. The molecule has 1 aromatic rings. The highest BCUT2D eigenvalue weighted by atomic mass is 32.2. The Bertz CT molecular complexity index is 591. The Balaban J connectivity index is 3.29. The standard InChI is InChI=1S/C14H20N2O3S/c1-4-8-16(9-5-2)20(17,18)14-7-6-12(11-15)10-13(14)19-3/h1,6-7,10H,5,8-9,11,15H2,2-3H3. The molecule has 6 heteroatoms. The molecule has 0 atom stereocenters. The zero-order valence-electron chi connectivity index (χ0n) is 11.8. The van der Waals surface area contributed by atoms with Gasteiger partial charge in [0.25, 0.3) is 0 Å². The van der Waals surface area contributed by atoms with Gasteiger partial charge in [-0.25, -0.2) is 8.42 Å². The van der Waals surface area contributed by atoms with Crippen LogP contribution in [-0.2, 0) is 16.6 Å². The van der Waals surface area contributed by atoms with Crippen LogP contribution in [0.15, 0.2) is 23.1 Å². The highest BCUT2D eigenvalue weighted by Gasteiger charge is 2.26. The number of nitrogens with two attached hydrogens (primary N) is 1. The Morgan fingerprint density at radius 2 is 2.15 bits per heavy atom. The predicted octanol–water partition coefficient (Wildman–Crippen LogP) is 1.19. The van der Waals surface area contributed by atoms with Crippen molar-refractivity contribution in [2.75, 3.05) is 20.2 Å². The first-order valence-corrected chi connectivity index (χ1v) is 7.75. The van der Waals surface area contributed by atoms with Crippen molar-refractivity contribution < 1.29 is 13.2 Å². The molecule has 0 saturated heterocycles. The summed E-state index contributed by atoms with van der Waals surface area (Å²) in [4.78, 5) is 0.112. The lowest BCUT2D eigenvalue weighted by Crippen LogP contribution is -2.32. The minimum Gasteiger partial charge on any atom is -0.495 e. The van der Waals surface area contributed by atoms with E-state index < -0.39 is 10.0 Å². The lowest BCUT2D eigenvalue weighted by molar-refractivity contribution is 0.395. The van der Waals surface area contributed by atoms with Gasteiger partial charge in [0, 0.05) is 13.1 Å². The van der Waals surface area contributed by atoms with E-state index in [4.69, 9.17) is 16.9 Å². The molecule has 0 fully saturated rings. The van der Waals surface area contributed by atoms with E-state index in [1.54, 1.807) is 12.1 Å². The van der Waals surface area contributed by atoms with Crippen LogP contribution in [-0.4, -0.2) is 32.9 Å². The van der Waals surface area contributed by atoms with Crippen molar-refractivity contribution in [1.82, 2.24) is 4.31 Å². The fraction of sp³-hybridized carbons (Fsp3) is 0.429. The van der Waals surface area contributed by atoms with E-state index in [0.29, 0.717) is 19.5 Å². The van der Waals surface area contributed by atoms with Crippen LogP contribution < -0.4 is 10.5 Å². The fourth-order valence-electron chi connectivity index (χ4n) is 1.83. The molecule has 0 unspecified atom stereocenters. The molecule has 0 aliphatic carbocycles. The maximum Gasteiger partial charge on any atom is 0.247 e. The summed E-state index contributed by atoms with van der Waals surface area (Å²) in [6, 6.07) is 4.82. The summed E-state index contributed by atoms with van der Waals surface area (Å²) < 4.78 is 31.7. The number of nitrogens with zero attached hydrogens (tertiary/aromatic N) is 1. The molecular formula is C14H20N2O3S. The molecule has 1 aromatic carbocycles. The minimum absolute atomic E-state index is 0.0397.